The molecule has 0 spiro atoms. The first-order valence-electron chi connectivity index (χ1n) is 8.38. The van der Waals surface area contributed by atoms with E-state index in [9.17, 15) is 0 Å². The topological polar surface area (TPSA) is 21.7 Å². The summed E-state index contributed by atoms with van der Waals surface area (Å²) in [6, 6.07) is 18.9. The number of rotatable bonds is 4. The molecular formula is C21H20ClNO2. The third-order valence-electron chi connectivity index (χ3n) is 4.51. The number of benzene rings is 3. The third-order valence-corrected chi connectivity index (χ3v) is 4.73. The molecule has 3 aromatic carbocycles. The number of halogens is 1. The lowest BCUT2D eigenvalue weighted by molar-refractivity contribution is -0.0174. The molecule has 0 fully saturated rings. The zero-order valence-corrected chi connectivity index (χ0v) is 14.9. The predicted molar refractivity (Wildman–Crippen MR) is 101 cm³/mol. The molecular weight excluding hydrogens is 334 g/mol. The lowest BCUT2D eigenvalue weighted by atomic mass is 10.0. The Morgan fingerprint density at radius 2 is 1.80 bits per heavy atom. The third kappa shape index (κ3) is 3.49. The lowest BCUT2D eigenvalue weighted by Gasteiger charge is -2.24. The van der Waals surface area contributed by atoms with E-state index >= 15 is 0 Å². The average molecular weight is 354 g/mol. The van der Waals surface area contributed by atoms with Crippen LogP contribution in [0.5, 0.6) is 5.75 Å². The number of ether oxygens (including phenoxy) is 2. The van der Waals surface area contributed by atoms with Crippen LogP contribution in [-0.4, -0.2) is 18.7 Å². The van der Waals surface area contributed by atoms with Crippen molar-refractivity contribution in [3.05, 3.63) is 76.3 Å². The SMILES string of the molecule is CN(Cc1cc(Cl)cc2c1OCOC2)Cc1cccc2ccccc12. The number of hydrogen-bond acceptors (Lipinski definition) is 3. The van der Waals surface area contributed by atoms with Crippen LogP contribution in [0, 0.1) is 0 Å². The zero-order chi connectivity index (χ0) is 17.2. The maximum atomic E-state index is 6.27. The van der Waals surface area contributed by atoms with Gasteiger partial charge in [-0.1, -0.05) is 54.1 Å². The van der Waals surface area contributed by atoms with Crippen LogP contribution in [0.15, 0.2) is 54.6 Å². The van der Waals surface area contributed by atoms with Crippen molar-refractivity contribution < 1.29 is 9.47 Å². The molecule has 0 bridgehead atoms. The molecule has 0 atom stereocenters. The molecule has 4 rings (SSSR count). The van der Waals surface area contributed by atoms with E-state index in [1.165, 1.54) is 16.3 Å². The second kappa shape index (κ2) is 7.04. The first-order valence-corrected chi connectivity index (χ1v) is 8.75. The molecule has 0 amide bonds. The van der Waals surface area contributed by atoms with Crippen LogP contribution in [0.4, 0.5) is 0 Å². The quantitative estimate of drug-likeness (QED) is 0.659. The molecule has 3 nitrogen and oxygen atoms in total. The Kier molecular flexibility index (Phi) is 4.62. The van der Waals surface area contributed by atoms with E-state index < -0.39 is 0 Å². The van der Waals surface area contributed by atoms with Crippen molar-refractivity contribution in [2.45, 2.75) is 19.7 Å². The first kappa shape index (κ1) is 16.4. The zero-order valence-electron chi connectivity index (χ0n) is 14.2. The molecule has 1 aliphatic heterocycles. The maximum Gasteiger partial charge on any atom is 0.189 e. The van der Waals surface area contributed by atoms with E-state index in [4.69, 9.17) is 21.1 Å². The average Bonchev–Trinajstić information content (AvgIpc) is 2.62. The van der Waals surface area contributed by atoms with Crippen LogP contribution in [0.3, 0.4) is 0 Å². The van der Waals surface area contributed by atoms with Crippen molar-refractivity contribution in [3.8, 4) is 5.75 Å². The minimum Gasteiger partial charge on any atom is -0.467 e. The minimum atomic E-state index is 0.300. The summed E-state index contributed by atoms with van der Waals surface area (Å²) < 4.78 is 11.1. The Morgan fingerprint density at radius 1 is 1.00 bits per heavy atom. The fraction of sp³-hybridized carbons (Fsp3) is 0.238. The summed E-state index contributed by atoms with van der Waals surface area (Å²) in [6.07, 6.45) is 0. The van der Waals surface area contributed by atoms with Crippen molar-refractivity contribution in [1.82, 2.24) is 4.90 Å². The van der Waals surface area contributed by atoms with Crippen LogP contribution in [0.2, 0.25) is 5.02 Å². The van der Waals surface area contributed by atoms with Crippen molar-refractivity contribution in [2.75, 3.05) is 13.8 Å². The Balaban J connectivity index is 1.58. The van der Waals surface area contributed by atoms with Gasteiger partial charge in [0.15, 0.2) is 6.79 Å². The molecule has 3 aromatic rings. The van der Waals surface area contributed by atoms with Gasteiger partial charge in [0.2, 0.25) is 0 Å². The Hall–Kier alpha value is -2.07. The molecule has 128 valence electrons. The van der Waals surface area contributed by atoms with Gasteiger partial charge in [-0.3, -0.25) is 4.90 Å². The fourth-order valence-electron chi connectivity index (χ4n) is 3.44. The molecule has 0 saturated heterocycles. The van der Waals surface area contributed by atoms with Crippen molar-refractivity contribution >= 4 is 22.4 Å². The van der Waals surface area contributed by atoms with E-state index in [2.05, 4.69) is 54.4 Å². The van der Waals surface area contributed by atoms with E-state index in [0.29, 0.717) is 13.4 Å². The highest BCUT2D eigenvalue weighted by molar-refractivity contribution is 6.30. The van der Waals surface area contributed by atoms with E-state index in [0.717, 1.165) is 35.0 Å². The monoisotopic (exact) mass is 353 g/mol. The van der Waals surface area contributed by atoms with E-state index in [1.807, 2.05) is 12.1 Å². The van der Waals surface area contributed by atoms with Crippen LogP contribution >= 0.6 is 11.6 Å². The standard InChI is InChI=1S/C21H20ClNO2/c1-23(11-16-7-4-6-15-5-2-3-8-20(15)16)12-17-9-19(22)10-18-13-24-14-25-21(17)18/h2-10H,11-14H2,1H3. The normalized spacial score (nSPS) is 13.7. The van der Waals surface area contributed by atoms with Crippen LogP contribution in [0.1, 0.15) is 16.7 Å². The van der Waals surface area contributed by atoms with Gasteiger partial charge in [-0.25, -0.2) is 0 Å². The molecule has 0 radical (unpaired) electrons. The second-order valence-electron chi connectivity index (χ2n) is 6.47. The van der Waals surface area contributed by atoms with Gasteiger partial charge < -0.3 is 9.47 Å². The van der Waals surface area contributed by atoms with Crippen LogP contribution < -0.4 is 4.74 Å². The molecule has 0 N–H and O–H groups in total. The first-order chi connectivity index (χ1) is 12.2. The van der Waals surface area contributed by atoms with Gasteiger partial charge in [0.05, 0.1) is 6.61 Å². The molecule has 0 aromatic heterocycles. The van der Waals surface area contributed by atoms with Crippen molar-refractivity contribution in [2.24, 2.45) is 0 Å². The number of hydrogen-bond donors (Lipinski definition) is 0. The van der Waals surface area contributed by atoms with Gasteiger partial charge in [0.25, 0.3) is 0 Å². The Labute approximate surface area is 152 Å². The van der Waals surface area contributed by atoms with Crippen molar-refractivity contribution in [1.29, 1.82) is 0 Å². The number of fused-ring (bicyclic) bond motifs is 2. The Morgan fingerprint density at radius 3 is 2.72 bits per heavy atom. The number of nitrogens with zero attached hydrogens (tertiary/aromatic N) is 1. The molecule has 0 unspecified atom stereocenters. The highest BCUT2D eigenvalue weighted by Gasteiger charge is 2.17. The van der Waals surface area contributed by atoms with E-state index in [1.54, 1.807) is 0 Å². The summed E-state index contributed by atoms with van der Waals surface area (Å²) in [5.41, 5.74) is 3.45. The highest BCUT2D eigenvalue weighted by atomic mass is 35.5. The summed E-state index contributed by atoms with van der Waals surface area (Å²) in [5, 5.41) is 3.30. The van der Waals surface area contributed by atoms with Gasteiger partial charge in [0, 0.05) is 29.2 Å². The van der Waals surface area contributed by atoms with Crippen LogP contribution in [0.25, 0.3) is 10.8 Å². The second-order valence-corrected chi connectivity index (χ2v) is 6.91. The predicted octanol–water partition coefficient (Wildman–Crippen LogP) is 4.99. The minimum absolute atomic E-state index is 0.300. The smallest absolute Gasteiger partial charge is 0.189 e. The molecule has 1 aliphatic rings. The molecule has 0 aliphatic carbocycles. The lowest BCUT2D eigenvalue weighted by Crippen LogP contribution is -2.20. The fourth-order valence-corrected chi connectivity index (χ4v) is 3.71. The molecule has 1 heterocycles. The van der Waals surface area contributed by atoms with Crippen LogP contribution in [-0.2, 0) is 24.4 Å². The summed E-state index contributed by atoms with van der Waals surface area (Å²) in [4.78, 5) is 2.28. The van der Waals surface area contributed by atoms with Gasteiger partial charge in [-0.2, -0.15) is 0 Å². The summed E-state index contributed by atoms with van der Waals surface area (Å²) in [5.74, 6) is 0.917. The van der Waals surface area contributed by atoms with Crippen molar-refractivity contribution in [3.63, 3.8) is 0 Å². The van der Waals surface area contributed by atoms with Gasteiger partial charge in [-0.05, 0) is 35.5 Å². The molecule has 0 saturated carbocycles. The summed E-state index contributed by atoms with van der Waals surface area (Å²) >= 11 is 6.27. The molecule has 25 heavy (non-hydrogen) atoms. The largest absolute Gasteiger partial charge is 0.467 e. The van der Waals surface area contributed by atoms with E-state index in [-0.39, 0.29) is 0 Å². The summed E-state index contributed by atoms with van der Waals surface area (Å²) in [7, 11) is 2.12. The Bertz CT molecular complexity index is 904. The van der Waals surface area contributed by atoms with Gasteiger partial charge >= 0.3 is 0 Å². The maximum absolute atomic E-state index is 6.27. The van der Waals surface area contributed by atoms with Gasteiger partial charge in [-0.15, -0.1) is 0 Å². The summed E-state index contributed by atoms with van der Waals surface area (Å²) in [6.45, 7) is 2.48. The van der Waals surface area contributed by atoms with Gasteiger partial charge in [0.1, 0.15) is 5.75 Å². The highest BCUT2D eigenvalue weighted by Crippen LogP contribution is 2.32. The molecule has 4 heteroatoms.